The first-order valence-electron chi connectivity index (χ1n) is 46.7. The van der Waals surface area contributed by atoms with E-state index in [0.717, 1.165) is 102 Å². The Labute approximate surface area is 847 Å². The zero-order chi connectivity index (χ0) is 104. The zero-order valence-electron chi connectivity index (χ0n) is 81.8. The molecule has 0 bridgehead atoms. The number of hydrogen-bond acceptors (Lipinski definition) is 28. The second kappa shape index (κ2) is 49.7. The normalized spacial score (nSPS) is 13.3. The van der Waals surface area contributed by atoms with Crippen molar-refractivity contribution in [1.82, 2.24) is 59.5 Å². The highest BCUT2D eigenvalue weighted by atomic mass is 35.5. The molecule has 4 saturated heterocycles. The van der Waals surface area contributed by atoms with Gasteiger partial charge in [-0.05, 0) is 204 Å². The van der Waals surface area contributed by atoms with Gasteiger partial charge in [-0.15, -0.1) is 0 Å². The molecule has 0 spiro atoms. The van der Waals surface area contributed by atoms with Crippen molar-refractivity contribution >= 4 is 197 Å². The number of halogens is 5. The van der Waals surface area contributed by atoms with Gasteiger partial charge >= 0.3 is 6.18 Å². The Morgan fingerprint density at radius 3 is 0.863 bits per heavy atom. The van der Waals surface area contributed by atoms with Crippen molar-refractivity contribution in [2.24, 2.45) is 0 Å². The van der Waals surface area contributed by atoms with Gasteiger partial charge in [-0.3, -0.25) is 38.4 Å². The smallest absolute Gasteiger partial charge is 0.368 e. The van der Waals surface area contributed by atoms with E-state index in [0.29, 0.717) is 157 Å². The van der Waals surface area contributed by atoms with E-state index in [1.54, 1.807) is 123 Å². The average molecular weight is 2010 g/mol. The van der Waals surface area contributed by atoms with Crippen LogP contribution in [0.3, 0.4) is 0 Å². The Balaban J connectivity index is 0.000000163. The van der Waals surface area contributed by atoms with Gasteiger partial charge in [-0.25, -0.2) is 24.3 Å². The largest absolute Gasteiger partial charge is 0.418 e. The molecule has 4 fully saturated rings. The van der Waals surface area contributed by atoms with Gasteiger partial charge in [0.05, 0.1) is 27.6 Å². The van der Waals surface area contributed by atoms with Crippen molar-refractivity contribution in [3.8, 4) is 0 Å². The van der Waals surface area contributed by atoms with Gasteiger partial charge in [0, 0.05) is 253 Å². The first-order valence-corrected chi connectivity index (χ1v) is 47.0. The molecule has 36 nitrogen and oxygen atoms in total. The molecule has 16 rings (SSSR count). The summed E-state index contributed by atoms with van der Waals surface area (Å²) in [6.45, 7) is 37.9. The lowest BCUT2D eigenvalue weighted by Crippen LogP contribution is -2.48. The molecule has 0 saturated carbocycles. The van der Waals surface area contributed by atoms with Crippen LogP contribution >= 0.6 is 11.6 Å². The van der Waals surface area contributed by atoms with Crippen LogP contribution in [0.25, 0.3) is 0 Å². The van der Waals surface area contributed by atoms with Crippen molar-refractivity contribution in [3.05, 3.63) is 290 Å². The summed E-state index contributed by atoms with van der Waals surface area (Å²) >= 11 is 6.58. The SMILES string of the molecule is C=CC(=O)Nc1cccc(Nc2nc(Nc3ccc(N4CCN(C(C)=O)CC4)cc3)ncc2C)c1.C=CC(=O)Nc1cccc(Nc2nc(Nc3ccc(N4CCN(C(C)=O)CC4)cc3C(F)(F)F)ncc2C)c1.C=CC(=O)Nc1cccc(Nc2nc(Nc3ccc(N4CCN(C(C)=O)CC4)cc3Cl)ncc2C)c1.C=CC(=O)Nc1cccc(Nc2nc(Nc3ccc(N4CCN(C(C)=O)CC4)cc3F)ncc2C)c1. The number of carbonyl (C=O) groups excluding carboxylic acids is 8. The molecule has 4 aliphatic rings. The lowest BCUT2D eigenvalue weighted by molar-refractivity contribution is -0.137. The average Bonchev–Trinajstić information content (AvgIpc) is 0.789. The maximum Gasteiger partial charge on any atom is 0.418 e. The molecule has 146 heavy (non-hydrogen) atoms. The molecule has 0 atom stereocenters. The van der Waals surface area contributed by atoms with Gasteiger partial charge in [0.15, 0.2) is 0 Å². The first kappa shape index (κ1) is 106. The number of anilines is 24. The minimum Gasteiger partial charge on any atom is -0.368 e. The summed E-state index contributed by atoms with van der Waals surface area (Å²) in [5, 5.41) is 36.4. The number of aryl methyl sites for hydroxylation is 4. The number of nitrogens with one attached hydrogen (secondary N) is 12. The Bertz CT molecular complexity index is 6590. The minimum absolute atomic E-state index is 0.0208. The summed E-state index contributed by atoms with van der Waals surface area (Å²) < 4.78 is 57.1. The Hall–Kier alpha value is -17.6. The zero-order valence-corrected chi connectivity index (χ0v) is 82.6. The maximum atomic E-state index is 14.9. The molecule has 12 aromatic rings. The highest BCUT2D eigenvalue weighted by Gasteiger charge is 2.36. The third-order valence-electron chi connectivity index (χ3n) is 23.6. The lowest BCUT2D eigenvalue weighted by Gasteiger charge is -2.36. The van der Waals surface area contributed by atoms with E-state index in [4.69, 9.17) is 11.6 Å². The summed E-state index contributed by atoms with van der Waals surface area (Å²) in [6, 6.07) is 51.7. The first-order chi connectivity index (χ1) is 70.1. The third-order valence-corrected chi connectivity index (χ3v) is 23.9. The second-order valence-electron chi connectivity index (χ2n) is 34.1. The van der Waals surface area contributed by atoms with E-state index in [-0.39, 0.29) is 70.5 Å². The molecular weight excluding hydrogens is 1890 g/mol. The molecule has 4 aromatic heterocycles. The van der Waals surface area contributed by atoms with Gasteiger partial charge in [-0.1, -0.05) is 62.2 Å². The second-order valence-corrected chi connectivity index (χ2v) is 34.5. The molecule has 4 aliphatic heterocycles. The number of carbonyl (C=O) groups is 8. The highest BCUT2D eigenvalue weighted by molar-refractivity contribution is 6.33. The summed E-state index contributed by atoms with van der Waals surface area (Å²) in [5.74, 6) is 1.89. The number of hydrogen-bond donors (Lipinski definition) is 12. The van der Waals surface area contributed by atoms with Crippen LogP contribution in [-0.2, 0) is 44.5 Å². The Morgan fingerprint density at radius 2 is 0.568 bits per heavy atom. The molecule has 12 N–H and O–H groups in total. The quantitative estimate of drug-likeness (QED) is 0.0160. The molecule has 8 heterocycles. The summed E-state index contributed by atoms with van der Waals surface area (Å²) in [7, 11) is 0. The van der Waals surface area contributed by atoms with Gasteiger partial charge in [-0.2, -0.15) is 33.1 Å². The number of aromatic nitrogens is 8. The van der Waals surface area contributed by atoms with E-state index >= 15 is 0 Å². The van der Waals surface area contributed by atoms with E-state index in [9.17, 15) is 55.9 Å². The summed E-state index contributed by atoms with van der Waals surface area (Å²) in [6.07, 6.45) is 6.80. The predicted octanol–water partition coefficient (Wildman–Crippen LogP) is 18.1. The number of piperazine rings is 4. The van der Waals surface area contributed by atoms with E-state index < -0.39 is 17.6 Å². The number of nitrogens with zero attached hydrogens (tertiary/aromatic N) is 16. The minimum atomic E-state index is -4.62. The van der Waals surface area contributed by atoms with Crippen molar-refractivity contribution in [1.29, 1.82) is 0 Å². The Morgan fingerprint density at radius 1 is 0.308 bits per heavy atom. The number of benzene rings is 8. The van der Waals surface area contributed by atoms with Crippen LogP contribution in [0, 0.1) is 33.5 Å². The van der Waals surface area contributed by atoms with Gasteiger partial charge < -0.3 is 103 Å². The maximum absolute atomic E-state index is 14.9. The van der Waals surface area contributed by atoms with Gasteiger partial charge in [0.25, 0.3) is 0 Å². The number of alkyl halides is 3. The standard InChI is InChI=1S/C27H28F3N7O2.C26H28ClN7O2.C26H28FN7O2.C26H29N7O2/c1-4-24(39)32-19-6-5-7-20(14-19)33-25-17(2)16-31-26(35-25)34-23-9-8-21(15-22(23)27(28,29)30)37-12-10-36(11-13-37)18(3)38;2*1-4-24(36)29-19-6-5-7-20(14-19)30-25-17(2)16-28-26(32-25)31-23-9-8-21(15-22(23)27)34-12-10-33(11-13-34)18(3)35;1-4-24(35)28-21-6-5-7-22(16-21)29-25-18(2)17-27-26(31-25)30-20-8-10-23(11-9-20)33-14-12-32(13-15-33)19(3)34/h4-9,14-16H,1,10-13H2,2-3H3,(H,32,39)(H2,31,33,34,35);2*4-9,14-16H,1,10-13H2,2-3H3,(H,29,36)(H2,28,30,31,32);4-11,16-17H,1,12-15H2,2-3H3,(H,28,35)(H2,27,29,30,31). The van der Waals surface area contributed by atoms with Gasteiger partial charge in [0.1, 0.15) is 29.1 Å². The molecule has 8 aromatic carbocycles. The molecule has 0 radical (unpaired) electrons. The topological polar surface area (TPSA) is 410 Å². The van der Waals surface area contributed by atoms with E-state index in [1.807, 2.05) is 114 Å². The van der Waals surface area contributed by atoms with Crippen molar-refractivity contribution in [2.45, 2.75) is 61.6 Å². The molecule has 756 valence electrons. The van der Waals surface area contributed by atoms with Crippen LogP contribution in [0.15, 0.2) is 251 Å². The fourth-order valence-corrected chi connectivity index (χ4v) is 15.8. The predicted molar refractivity (Wildman–Crippen MR) is 568 cm³/mol. The summed E-state index contributed by atoms with van der Waals surface area (Å²) in [4.78, 5) is 143. The summed E-state index contributed by atoms with van der Waals surface area (Å²) in [5.41, 5.74) is 12.6. The highest BCUT2D eigenvalue weighted by Crippen LogP contribution is 2.40. The lowest BCUT2D eigenvalue weighted by atomic mass is 10.1. The monoisotopic (exact) mass is 2000 g/mol. The van der Waals surface area contributed by atoms with Crippen molar-refractivity contribution < 1.29 is 55.9 Å². The fourth-order valence-electron chi connectivity index (χ4n) is 15.6. The Kier molecular flexibility index (Phi) is 36.0. The number of rotatable bonds is 28. The third kappa shape index (κ3) is 30.0. The van der Waals surface area contributed by atoms with Crippen LogP contribution < -0.4 is 83.4 Å². The van der Waals surface area contributed by atoms with Crippen LogP contribution in [0.1, 0.15) is 55.5 Å². The van der Waals surface area contributed by atoms with E-state index in [2.05, 4.69) is 157 Å². The van der Waals surface area contributed by atoms with Crippen LogP contribution in [-0.4, -0.2) is 211 Å². The molecular formula is C105H113ClF4N28O8. The molecule has 41 heteroatoms. The molecule has 8 amide bonds. The van der Waals surface area contributed by atoms with Crippen molar-refractivity contribution in [2.75, 3.05) is 188 Å². The van der Waals surface area contributed by atoms with Crippen molar-refractivity contribution in [3.63, 3.8) is 0 Å². The molecule has 0 aliphatic carbocycles. The van der Waals surface area contributed by atoms with Crippen LogP contribution in [0.4, 0.5) is 156 Å². The number of amides is 8. The molecule has 0 unspecified atom stereocenters. The van der Waals surface area contributed by atoms with Gasteiger partial charge in [0.2, 0.25) is 71.1 Å². The fraction of sp³-hybridized carbons (Fsp3) is 0.238. The van der Waals surface area contributed by atoms with Crippen LogP contribution in [0.5, 0.6) is 0 Å². The van der Waals surface area contributed by atoms with Crippen LogP contribution in [0.2, 0.25) is 5.02 Å². The van der Waals surface area contributed by atoms with E-state index in [1.165, 1.54) is 43.5 Å².